The molecule has 0 bridgehead atoms. The number of aliphatic hydroxyl groups excluding tert-OH is 1. The number of halogens is 1. The molecule has 0 radical (unpaired) electrons. The molecule has 3 N–H and O–H groups in total. The van der Waals surface area contributed by atoms with Crippen molar-refractivity contribution in [2.75, 3.05) is 11.9 Å². The Labute approximate surface area is 200 Å². The van der Waals surface area contributed by atoms with Crippen LogP contribution in [0.3, 0.4) is 0 Å². The second-order valence-electron chi connectivity index (χ2n) is 9.26. The molecule has 3 aromatic rings. The van der Waals surface area contributed by atoms with Gasteiger partial charge in [0, 0.05) is 29.9 Å². The Hall–Kier alpha value is -3.35. The van der Waals surface area contributed by atoms with Gasteiger partial charge in [-0.1, -0.05) is 36.4 Å². The second kappa shape index (κ2) is 10.3. The van der Waals surface area contributed by atoms with E-state index in [1.165, 1.54) is 6.07 Å². The molecule has 0 saturated heterocycles. The van der Waals surface area contributed by atoms with Gasteiger partial charge in [-0.2, -0.15) is 0 Å². The van der Waals surface area contributed by atoms with Gasteiger partial charge in [-0.25, -0.2) is 4.39 Å². The van der Waals surface area contributed by atoms with Crippen molar-refractivity contribution in [2.45, 2.75) is 45.4 Å². The number of nitrogens with one attached hydrogen (secondary N) is 2. The van der Waals surface area contributed by atoms with Crippen LogP contribution in [0.1, 0.15) is 42.2 Å². The number of fused-ring (bicyclic) bond motifs is 1. The van der Waals surface area contributed by atoms with Crippen LogP contribution in [-0.2, 0) is 13.0 Å². The third-order valence-corrected chi connectivity index (χ3v) is 5.90. The van der Waals surface area contributed by atoms with Gasteiger partial charge < -0.3 is 25.2 Å². The van der Waals surface area contributed by atoms with E-state index in [-0.39, 0.29) is 11.4 Å². The molecule has 0 saturated carbocycles. The average Bonchev–Trinajstić information content (AvgIpc) is 2.83. The summed E-state index contributed by atoms with van der Waals surface area (Å²) in [6.07, 6.45) is 3.13. The molecule has 34 heavy (non-hydrogen) atoms. The topological polar surface area (TPSA) is 62.8 Å². The Bertz CT molecular complexity index is 1160. The summed E-state index contributed by atoms with van der Waals surface area (Å²) < 4.78 is 25.2. The average molecular weight is 463 g/mol. The summed E-state index contributed by atoms with van der Waals surface area (Å²) in [5.74, 6) is 0.990. The minimum atomic E-state index is -0.823. The van der Waals surface area contributed by atoms with Crippen LogP contribution in [0.15, 0.2) is 73.1 Å². The maximum absolute atomic E-state index is 13.5. The standard InChI is InChI=1S/C28H31FN2O3/c1-19-13-22(29)10-9-21(19)16-28(2,3)31-17-26(32)24-14-23(15-25-27(24)33-12-11-30-25)34-18-20-7-5-4-6-8-20/h4-15,26,30-32H,16-18H2,1-3H3. The van der Waals surface area contributed by atoms with Crippen molar-refractivity contribution in [3.8, 4) is 11.5 Å². The quantitative estimate of drug-likeness (QED) is 0.385. The van der Waals surface area contributed by atoms with Gasteiger partial charge in [0.2, 0.25) is 0 Å². The highest BCUT2D eigenvalue weighted by molar-refractivity contribution is 5.66. The van der Waals surface area contributed by atoms with E-state index in [4.69, 9.17) is 9.47 Å². The summed E-state index contributed by atoms with van der Waals surface area (Å²) in [6, 6.07) is 18.5. The number of hydrogen-bond acceptors (Lipinski definition) is 5. The first-order valence-electron chi connectivity index (χ1n) is 11.4. The summed E-state index contributed by atoms with van der Waals surface area (Å²) in [7, 11) is 0. The number of β-amino-alcohol motifs (C(OH)–C–C–N with tert-alkyl or cyclic N) is 1. The summed E-state index contributed by atoms with van der Waals surface area (Å²) in [5.41, 5.74) is 4.11. The number of aliphatic hydroxyl groups is 1. The zero-order valence-corrected chi connectivity index (χ0v) is 19.8. The van der Waals surface area contributed by atoms with Gasteiger partial charge in [-0.05, 0) is 62.1 Å². The monoisotopic (exact) mass is 462 g/mol. The van der Waals surface area contributed by atoms with Crippen LogP contribution in [-0.4, -0.2) is 17.2 Å². The van der Waals surface area contributed by atoms with E-state index in [9.17, 15) is 9.50 Å². The normalized spacial score (nSPS) is 13.6. The molecule has 6 heteroatoms. The van der Waals surface area contributed by atoms with Gasteiger partial charge >= 0.3 is 0 Å². The first-order valence-corrected chi connectivity index (χ1v) is 11.4. The summed E-state index contributed by atoms with van der Waals surface area (Å²) >= 11 is 0. The molecule has 0 spiro atoms. The van der Waals surface area contributed by atoms with Crippen molar-refractivity contribution in [2.24, 2.45) is 0 Å². The first kappa shape index (κ1) is 23.8. The summed E-state index contributed by atoms with van der Waals surface area (Å²) in [6.45, 7) is 6.79. The van der Waals surface area contributed by atoms with E-state index in [2.05, 4.69) is 24.5 Å². The lowest BCUT2D eigenvalue weighted by molar-refractivity contribution is 0.157. The van der Waals surface area contributed by atoms with Crippen molar-refractivity contribution in [3.05, 3.63) is 101 Å². The maximum Gasteiger partial charge on any atom is 0.156 e. The van der Waals surface area contributed by atoms with Crippen molar-refractivity contribution >= 4 is 5.69 Å². The lowest BCUT2D eigenvalue weighted by atomic mass is 9.92. The molecule has 3 aromatic carbocycles. The molecular weight excluding hydrogens is 431 g/mol. The molecule has 1 unspecified atom stereocenters. The van der Waals surface area contributed by atoms with Crippen LogP contribution in [0.5, 0.6) is 11.5 Å². The van der Waals surface area contributed by atoms with Gasteiger partial charge in [0.05, 0.1) is 11.8 Å². The Morgan fingerprint density at radius 3 is 2.68 bits per heavy atom. The fourth-order valence-corrected chi connectivity index (χ4v) is 4.04. The molecular formula is C28H31FN2O3. The fourth-order valence-electron chi connectivity index (χ4n) is 4.04. The molecule has 1 heterocycles. The molecule has 1 atom stereocenters. The Kier molecular flexibility index (Phi) is 7.20. The van der Waals surface area contributed by atoms with E-state index in [1.54, 1.807) is 18.5 Å². The van der Waals surface area contributed by atoms with Crippen molar-refractivity contribution in [1.82, 2.24) is 5.32 Å². The smallest absolute Gasteiger partial charge is 0.156 e. The molecule has 1 aliphatic rings. The van der Waals surface area contributed by atoms with E-state index < -0.39 is 6.10 Å². The van der Waals surface area contributed by atoms with Crippen LogP contribution >= 0.6 is 0 Å². The fraction of sp³-hybridized carbons (Fsp3) is 0.286. The second-order valence-corrected chi connectivity index (χ2v) is 9.26. The van der Waals surface area contributed by atoms with E-state index >= 15 is 0 Å². The van der Waals surface area contributed by atoms with E-state index in [0.717, 1.165) is 22.4 Å². The molecule has 1 aliphatic heterocycles. The largest absolute Gasteiger partial charge is 0.489 e. The molecule has 0 aliphatic carbocycles. The Morgan fingerprint density at radius 1 is 1.12 bits per heavy atom. The number of anilines is 1. The van der Waals surface area contributed by atoms with Crippen LogP contribution < -0.4 is 20.1 Å². The highest BCUT2D eigenvalue weighted by Gasteiger charge is 2.24. The molecule has 5 nitrogen and oxygen atoms in total. The van der Waals surface area contributed by atoms with Gasteiger partial charge in [-0.15, -0.1) is 0 Å². The molecule has 4 rings (SSSR count). The minimum Gasteiger partial charge on any atom is -0.489 e. The maximum atomic E-state index is 13.5. The minimum absolute atomic E-state index is 0.232. The highest BCUT2D eigenvalue weighted by atomic mass is 19.1. The predicted octanol–water partition coefficient (Wildman–Crippen LogP) is 5.63. The van der Waals surface area contributed by atoms with Crippen LogP contribution in [0, 0.1) is 12.7 Å². The van der Waals surface area contributed by atoms with Gasteiger partial charge in [-0.3, -0.25) is 0 Å². The number of benzene rings is 3. The van der Waals surface area contributed by atoms with E-state index in [1.807, 2.05) is 55.5 Å². The van der Waals surface area contributed by atoms with E-state index in [0.29, 0.717) is 36.6 Å². The highest BCUT2D eigenvalue weighted by Crippen LogP contribution is 2.39. The zero-order valence-electron chi connectivity index (χ0n) is 19.8. The predicted molar refractivity (Wildman–Crippen MR) is 132 cm³/mol. The van der Waals surface area contributed by atoms with Crippen molar-refractivity contribution in [3.63, 3.8) is 0 Å². The number of rotatable bonds is 9. The lowest BCUT2D eigenvalue weighted by Gasteiger charge is -2.29. The Morgan fingerprint density at radius 2 is 1.91 bits per heavy atom. The SMILES string of the molecule is Cc1cc(F)ccc1CC(C)(C)NCC(O)c1cc(OCc2ccccc2)cc2c1OC=CN2. The van der Waals surface area contributed by atoms with Gasteiger partial charge in [0.15, 0.2) is 5.75 Å². The van der Waals surface area contributed by atoms with Gasteiger partial charge in [0.1, 0.15) is 24.4 Å². The molecule has 0 aromatic heterocycles. The third kappa shape index (κ3) is 5.95. The Balaban J connectivity index is 1.47. The van der Waals surface area contributed by atoms with Crippen LogP contribution in [0.2, 0.25) is 0 Å². The van der Waals surface area contributed by atoms with Gasteiger partial charge in [0.25, 0.3) is 0 Å². The lowest BCUT2D eigenvalue weighted by Crippen LogP contribution is -2.43. The van der Waals surface area contributed by atoms with Crippen LogP contribution in [0.25, 0.3) is 0 Å². The molecule has 0 amide bonds. The number of aryl methyl sites for hydroxylation is 1. The molecule has 178 valence electrons. The third-order valence-electron chi connectivity index (χ3n) is 5.90. The summed E-state index contributed by atoms with van der Waals surface area (Å²) in [5, 5.41) is 17.7. The number of hydrogen-bond donors (Lipinski definition) is 3. The van der Waals surface area contributed by atoms with Crippen molar-refractivity contribution in [1.29, 1.82) is 0 Å². The van der Waals surface area contributed by atoms with Crippen LogP contribution in [0.4, 0.5) is 10.1 Å². The van der Waals surface area contributed by atoms with Crippen molar-refractivity contribution < 1.29 is 19.0 Å². The zero-order chi connectivity index (χ0) is 24.1. The number of ether oxygens (including phenoxy) is 2. The summed E-state index contributed by atoms with van der Waals surface area (Å²) in [4.78, 5) is 0. The molecule has 0 fully saturated rings. The first-order chi connectivity index (χ1) is 16.3.